The summed E-state index contributed by atoms with van der Waals surface area (Å²) in [6.07, 6.45) is 5.27. The second-order valence-corrected chi connectivity index (χ2v) is 18.8. The number of nitriles is 2. The van der Waals surface area contributed by atoms with Crippen LogP contribution >= 0.6 is 35.2 Å². The van der Waals surface area contributed by atoms with Crippen molar-refractivity contribution in [3.8, 4) is 12.1 Å². The molecule has 0 aromatic rings. The van der Waals surface area contributed by atoms with Crippen LogP contribution in [0.4, 0.5) is 0 Å². The average Bonchev–Trinajstić information content (AvgIpc) is 3.20. The molecule has 0 bridgehead atoms. The number of nitrogens with two attached hydrogens (primary N) is 1. The van der Waals surface area contributed by atoms with Crippen LogP contribution in [0.5, 0.6) is 0 Å². The number of hydrogen-bond acceptors (Lipinski definition) is 17. The molecule has 0 rings (SSSR count). The minimum absolute atomic E-state index is 0.0159. The summed E-state index contributed by atoms with van der Waals surface area (Å²) < 4.78 is 48.1. The number of sulfonamides is 2. The molecule has 0 aromatic carbocycles. The highest BCUT2D eigenvalue weighted by Crippen LogP contribution is 2.05. The Bertz CT molecular complexity index is 1640. The van der Waals surface area contributed by atoms with E-state index in [9.17, 15) is 50.4 Å². The fourth-order valence-corrected chi connectivity index (χ4v) is 6.95. The van der Waals surface area contributed by atoms with E-state index in [1.807, 2.05) is 47.4 Å². The smallest absolute Gasteiger partial charge is 0.238 e. The summed E-state index contributed by atoms with van der Waals surface area (Å²) in [7, 11) is -3.18. The molecule has 0 aromatic heterocycles. The van der Waals surface area contributed by atoms with Crippen molar-refractivity contribution in [1.82, 2.24) is 34.8 Å². The van der Waals surface area contributed by atoms with E-state index in [4.69, 9.17) is 16.3 Å². The lowest BCUT2D eigenvalue weighted by atomic mass is 10.3. The van der Waals surface area contributed by atoms with Crippen molar-refractivity contribution in [1.29, 1.82) is 10.5 Å². The number of carbonyl (C=O) groups is 7. The lowest BCUT2D eigenvalue weighted by molar-refractivity contribution is -0.124. The van der Waals surface area contributed by atoms with Crippen molar-refractivity contribution in [2.75, 3.05) is 94.7 Å². The summed E-state index contributed by atoms with van der Waals surface area (Å²) in [6.45, 7) is 14.7. The molecule has 21 nitrogen and oxygen atoms in total. The van der Waals surface area contributed by atoms with Gasteiger partial charge in [0.05, 0.1) is 33.8 Å². The SMILES string of the molecule is CC(=O)CCCS(=O)(=O)N(CC#N)C(C)=O.CC(=O)CCCS(=O)(=O)NC(C)=O.CC(=O)NCCCN(C)CCCNC(=O)CS.CCC(=O)NCCCN(C)CCCN.N#CCI. The molecule has 0 aliphatic rings. The van der Waals surface area contributed by atoms with Crippen molar-refractivity contribution in [3.63, 3.8) is 0 Å². The van der Waals surface area contributed by atoms with Crippen molar-refractivity contribution in [2.45, 2.75) is 99.3 Å². The number of carbonyl (C=O) groups excluding carboxylic acids is 7. The molecule has 0 aliphatic heterocycles. The van der Waals surface area contributed by atoms with Gasteiger partial charge in [-0.1, -0.05) is 29.5 Å². The first kappa shape index (κ1) is 69.6. The van der Waals surface area contributed by atoms with Gasteiger partial charge in [-0.3, -0.25) is 28.7 Å². The van der Waals surface area contributed by atoms with Gasteiger partial charge in [-0.05, 0) is 99.2 Å². The molecule has 64 heavy (non-hydrogen) atoms. The Morgan fingerprint density at radius 1 is 0.656 bits per heavy atom. The van der Waals surface area contributed by atoms with Crippen LogP contribution in [0.2, 0.25) is 0 Å². The number of halogens is 1. The predicted octanol–water partition coefficient (Wildman–Crippen LogP) is 0.888. The van der Waals surface area contributed by atoms with Crippen LogP contribution in [-0.2, 0) is 53.6 Å². The van der Waals surface area contributed by atoms with E-state index in [1.54, 1.807) is 6.07 Å². The van der Waals surface area contributed by atoms with Crippen LogP contribution in [0.3, 0.4) is 0 Å². The second kappa shape index (κ2) is 46.1. The summed E-state index contributed by atoms with van der Waals surface area (Å²) >= 11 is 5.86. The van der Waals surface area contributed by atoms with E-state index in [0.717, 1.165) is 85.3 Å². The Hall–Kier alpha value is -3.47. The molecule has 0 heterocycles. The van der Waals surface area contributed by atoms with Crippen LogP contribution in [0.25, 0.3) is 0 Å². The summed E-state index contributed by atoms with van der Waals surface area (Å²) in [6, 6.07) is 3.53. The molecule has 0 aliphatic carbocycles. The third kappa shape index (κ3) is 56.5. The minimum atomic E-state index is -3.77. The number of nitrogens with one attached hydrogen (secondary N) is 4. The van der Waals surface area contributed by atoms with Crippen molar-refractivity contribution >= 4 is 96.4 Å². The van der Waals surface area contributed by atoms with Gasteiger partial charge in [0.25, 0.3) is 0 Å². The molecule has 0 saturated carbocycles. The highest BCUT2D eigenvalue weighted by molar-refractivity contribution is 14.1. The van der Waals surface area contributed by atoms with Gasteiger partial charge in [-0.25, -0.2) is 21.1 Å². The highest BCUT2D eigenvalue weighted by atomic mass is 127. The maximum absolute atomic E-state index is 11.6. The first-order chi connectivity index (χ1) is 29.8. The second-order valence-electron chi connectivity index (χ2n) is 13.9. The van der Waals surface area contributed by atoms with Gasteiger partial charge in [-0.2, -0.15) is 23.2 Å². The summed E-state index contributed by atoms with van der Waals surface area (Å²) in [5, 5.41) is 24.4. The zero-order valence-corrected chi connectivity index (χ0v) is 43.7. The third-order valence-corrected chi connectivity index (χ3v) is 11.4. The van der Waals surface area contributed by atoms with Crippen LogP contribution in [-0.4, -0.2) is 167 Å². The van der Waals surface area contributed by atoms with Gasteiger partial charge in [0.2, 0.25) is 49.6 Å². The monoisotopic (exact) mass is 1080 g/mol. The Labute approximate surface area is 401 Å². The Morgan fingerprint density at radius 2 is 1.08 bits per heavy atom. The van der Waals surface area contributed by atoms with Crippen LogP contribution in [0, 0.1) is 22.7 Å². The highest BCUT2D eigenvalue weighted by Gasteiger charge is 2.24. The van der Waals surface area contributed by atoms with Gasteiger partial charge in [0.1, 0.15) is 18.1 Å². The zero-order valence-electron chi connectivity index (χ0n) is 39.0. The average molecular weight is 1080 g/mol. The van der Waals surface area contributed by atoms with E-state index in [-0.39, 0.29) is 72.2 Å². The Morgan fingerprint density at radius 3 is 1.42 bits per heavy atom. The van der Waals surface area contributed by atoms with Gasteiger partial charge in [0.15, 0.2) is 0 Å². The molecular formula is C39H75IN10O11S3. The maximum Gasteiger partial charge on any atom is 0.238 e. The van der Waals surface area contributed by atoms with Crippen LogP contribution < -0.4 is 26.4 Å². The number of nitrogens with zero attached hydrogens (tertiary/aromatic N) is 5. The molecule has 0 fully saturated rings. The third-order valence-electron chi connectivity index (χ3n) is 7.51. The number of thiol groups is 1. The Kier molecular flexibility index (Phi) is 50.1. The van der Waals surface area contributed by atoms with E-state index in [1.165, 1.54) is 20.8 Å². The number of hydrogen-bond donors (Lipinski definition) is 6. The van der Waals surface area contributed by atoms with Gasteiger partial charge < -0.3 is 41.1 Å². The van der Waals surface area contributed by atoms with Gasteiger partial charge >= 0.3 is 0 Å². The number of rotatable bonds is 28. The van der Waals surface area contributed by atoms with Gasteiger partial charge in [-0.15, -0.1) is 0 Å². The van der Waals surface area contributed by atoms with Crippen molar-refractivity contribution in [2.24, 2.45) is 5.73 Å². The standard InChI is InChI=1S/C11H23N3O2S.C10H23N3O.C9H14N2O4S.C7H13NO4S.C2H2IN/c1-10(15)12-5-3-7-14(2)8-4-6-13-11(16)9-17;1-3-10(14)12-7-5-9-13(2)8-4-6-11;1-8(12)4-3-7-16(14,15)11(6-5-10)9(2)13;1-6(9)4-3-5-13(11,12)8-7(2)10;3-1-2-4/h17H,3-9H2,1-2H3,(H,12,15)(H,13,16);3-9,11H2,1-2H3,(H,12,14);3-4,6-7H2,1-2H3;3-5H2,1-2H3,(H,8,10);1H2. The van der Waals surface area contributed by atoms with E-state index in [0.29, 0.717) is 21.7 Å². The van der Waals surface area contributed by atoms with E-state index < -0.39 is 38.4 Å². The molecule has 0 saturated heterocycles. The van der Waals surface area contributed by atoms with E-state index in [2.05, 4.69) is 45.4 Å². The topological polar surface area (TPSA) is 319 Å². The largest absolute Gasteiger partial charge is 0.356 e. The molecule has 0 unspecified atom stereocenters. The fraction of sp³-hybridized carbons (Fsp3) is 0.769. The van der Waals surface area contributed by atoms with E-state index >= 15 is 0 Å². The molecule has 6 N–H and O–H groups in total. The summed E-state index contributed by atoms with van der Waals surface area (Å²) in [5.74, 6) is -1.58. The molecular weight excluding hydrogens is 1010 g/mol. The molecule has 0 atom stereocenters. The summed E-state index contributed by atoms with van der Waals surface area (Å²) in [4.78, 5) is 79.3. The van der Waals surface area contributed by atoms with Crippen LogP contribution in [0.15, 0.2) is 0 Å². The zero-order chi connectivity index (χ0) is 50.6. The quantitative estimate of drug-likeness (QED) is 0.0208. The fourth-order valence-electron chi connectivity index (χ4n) is 4.40. The van der Waals surface area contributed by atoms with Gasteiger partial charge in [0, 0.05) is 59.7 Å². The lowest BCUT2D eigenvalue weighted by Crippen LogP contribution is -2.37. The normalized spacial score (nSPS) is 10.2. The number of amides is 5. The first-order valence-corrected chi connectivity index (χ1v) is 26.0. The predicted molar refractivity (Wildman–Crippen MR) is 260 cm³/mol. The molecule has 0 radical (unpaired) electrons. The summed E-state index contributed by atoms with van der Waals surface area (Å²) in [5.41, 5.74) is 5.41. The minimum Gasteiger partial charge on any atom is -0.356 e. The maximum atomic E-state index is 11.6. The molecule has 0 spiro atoms. The van der Waals surface area contributed by atoms with Crippen molar-refractivity contribution < 1.29 is 50.4 Å². The number of Topliss-reactive ketones (excluding diaryl/α,β-unsaturated/α-hetero) is 2. The molecule has 25 heteroatoms. The van der Waals surface area contributed by atoms with Crippen molar-refractivity contribution in [3.05, 3.63) is 0 Å². The lowest BCUT2D eigenvalue weighted by Gasteiger charge is -2.17. The molecule has 5 amide bonds. The number of alkyl halides is 1. The van der Waals surface area contributed by atoms with Crippen LogP contribution in [0.1, 0.15) is 99.3 Å². The number of ketones is 2. The first-order valence-electron chi connectivity index (χ1n) is 20.6. The Balaban J connectivity index is -0.000000236. The molecule has 372 valence electrons.